The van der Waals surface area contributed by atoms with Crippen LogP contribution in [0.4, 0.5) is 0 Å². The summed E-state index contributed by atoms with van der Waals surface area (Å²) in [5.41, 5.74) is 7.92. The lowest BCUT2D eigenvalue weighted by molar-refractivity contribution is -0.137. The lowest BCUT2D eigenvalue weighted by Gasteiger charge is -2.24. The molecule has 0 saturated carbocycles. The highest BCUT2D eigenvalue weighted by Gasteiger charge is 2.20. The first-order chi connectivity index (χ1) is 9.40. The van der Waals surface area contributed by atoms with Crippen molar-refractivity contribution in [3.63, 3.8) is 0 Å². The van der Waals surface area contributed by atoms with Gasteiger partial charge in [-0.3, -0.25) is 4.79 Å². The van der Waals surface area contributed by atoms with Crippen LogP contribution in [-0.2, 0) is 4.79 Å². The molecule has 2 N–H and O–H groups in total. The summed E-state index contributed by atoms with van der Waals surface area (Å²) in [4.78, 5) is 14.0. The van der Waals surface area contributed by atoms with E-state index in [9.17, 15) is 4.79 Å². The van der Waals surface area contributed by atoms with Gasteiger partial charge >= 0.3 is 0 Å². The molecule has 20 heavy (non-hydrogen) atoms. The molecule has 0 bridgehead atoms. The molecule has 0 aromatic heterocycles. The lowest BCUT2D eigenvalue weighted by atomic mass is 10.1. The Bertz CT molecular complexity index is 454. The average Bonchev–Trinajstić information content (AvgIpc) is 2.41. The Morgan fingerprint density at radius 1 is 1.30 bits per heavy atom. The Balaban J connectivity index is 2.80. The van der Waals surface area contributed by atoms with Gasteiger partial charge in [0.1, 0.15) is 5.75 Å². The second-order valence-corrected chi connectivity index (χ2v) is 5.08. The predicted molar refractivity (Wildman–Crippen MR) is 81.8 cm³/mol. The summed E-state index contributed by atoms with van der Waals surface area (Å²) in [7, 11) is 0. The highest BCUT2D eigenvalue weighted by atomic mass is 16.5. The number of aryl methyl sites for hydroxylation is 1. The van der Waals surface area contributed by atoms with Crippen molar-refractivity contribution in [1.82, 2.24) is 4.90 Å². The van der Waals surface area contributed by atoms with E-state index < -0.39 is 6.10 Å². The van der Waals surface area contributed by atoms with Crippen molar-refractivity contribution in [3.8, 4) is 5.75 Å². The SMILES string of the molecule is CCN(CC)C(=O)C(C)Oc1ccc(C(C)N)cc1C. The van der Waals surface area contributed by atoms with Crippen LogP contribution in [0.1, 0.15) is 44.9 Å². The van der Waals surface area contributed by atoms with Crippen LogP contribution >= 0.6 is 0 Å². The fourth-order valence-electron chi connectivity index (χ4n) is 2.12. The van der Waals surface area contributed by atoms with Crippen molar-refractivity contribution in [2.45, 2.75) is 46.8 Å². The average molecular weight is 278 g/mol. The number of nitrogens with zero attached hydrogens (tertiary/aromatic N) is 1. The molecular weight excluding hydrogens is 252 g/mol. The molecule has 0 fully saturated rings. The van der Waals surface area contributed by atoms with Crippen molar-refractivity contribution in [3.05, 3.63) is 29.3 Å². The van der Waals surface area contributed by atoms with Crippen molar-refractivity contribution >= 4 is 5.91 Å². The lowest BCUT2D eigenvalue weighted by Crippen LogP contribution is -2.40. The molecule has 112 valence electrons. The minimum atomic E-state index is -0.477. The Kier molecular flexibility index (Phi) is 6.02. The van der Waals surface area contributed by atoms with E-state index in [0.717, 1.165) is 16.9 Å². The first kappa shape index (κ1) is 16.5. The highest BCUT2D eigenvalue weighted by Crippen LogP contribution is 2.23. The fraction of sp³-hybridized carbons (Fsp3) is 0.562. The number of hydrogen-bond acceptors (Lipinski definition) is 3. The Morgan fingerprint density at radius 3 is 2.35 bits per heavy atom. The van der Waals surface area contributed by atoms with Gasteiger partial charge in [0.25, 0.3) is 5.91 Å². The highest BCUT2D eigenvalue weighted by molar-refractivity contribution is 5.80. The number of amides is 1. The largest absolute Gasteiger partial charge is 0.481 e. The quantitative estimate of drug-likeness (QED) is 0.870. The van der Waals surface area contributed by atoms with Crippen molar-refractivity contribution in [2.75, 3.05) is 13.1 Å². The normalized spacial score (nSPS) is 13.7. The Labute approximate surface area is 121 Å². The predicted octanol–water partition coefficient (Wildman–Crippen LogP) is 2.65. The van der Waals surface area contributed by atoms with Crippen LogP contribution in [0.2, 0.25) is 0 Å². The maximum absolute atomic E-state index is 12.2. The van der Waals surface area contributed by atoms with Gasteiger partial charge in [0.2, 0.25) is 0 Å². The topological polar surface area (TPSA) is 55.6 Å². The van der Waals surface area contributed by atoms with Gasteiger partial charge in [-0.2, -0.15) is 0 Å². The fourth-order valence-corrected chi connectivity index (χ4v) is 2.12. The molecule has 1 amide bonds. The molecule has 0 aliphatic heterocycles. The summed E-state index contributed by atoms with van der Waals surface area (Å²) in [6, 6.07) is 5.84. The number of likely N-dealkylation sites (N-methyl/N-ethyl adjacent to an activating group) is 1. The van der Waals surface area contributed by atoms with E-state index in [1.54, 1.807) is 11.8 Å². The van der Waals surface area contributed by atoms with E-state index in [-0.39, 0.29) is 11.9 Å². The zero-order chi connectivity index (χ0) is 15.3. The van der Waals surface area contributed by atoms with Crippen LogP contribution in [0.3, 0.4) is 0 Å². The second kappa shape index (κ2) is 7.29. The summed E-state index contributed by atoms with van der Waals surface area (Å²) >= 11 is 0. The zero-order valence-electron chi connectivity index (χ0n) is 13.1. The molecular formula is C16H26N2O2. The van der Waals surface area contributed by atoms with E-state index >= 15 is 0 Å². The third kappa shape index (κ3) is 3.97. The molecule has 0 aliphatic rings. The molecule has 0 radical (unpaired) electrons. The number of rotatable bonds is 6. The van der Waals surface area contributed by atoms with Crippen LogP contribution in [0, 0.1) is 6.92 Å². The van der Waals surface area contributed by atoms with Gasteiger partial charge in [-0.1, -0.05) is 12.1 Å². The van der Waals surface area contributed by atoms with Crippen LogP contribution in [0.5, 0.6) is 5.75 Å². The zero-order valence-corrected chi connectivity index (χ0v) is 13.1. The molecule has 0 aliphatic carbocycles. The summed E-state index contributed by atoms with van der Waals surface area (Å²) in [5.74, 6) is 0.757. The molecule has 2 atom stereocenters. The molecule has 0 spiro atoms. The van der Waals surface area contributed by atoms with E-state index in [0.29, 0.717) is 13.1 Å². The number of nitrogens with two attached hydrogens (primary N) is 1. The smallest absolute Gasteiger partial charge is 0.263 e. The maximum Gasteiger partial charge on any atom is 0.263 e. The van der Waals surface area contributed by atoms with Gasteiger partial charge in [0, 0.05) is 19.1 Å². The Hall–Kier alpha value is -1.55. The molecule has 0 saturated heterocycles. The Morgan fingerprint density at radius 2 is 1.90 bits per heavy atom. The van der Waals surface area contributed by atoms with E-state index in [1.807, 2.05) is 45.9 Å². The summed E-state index contributed by atoms with van der Waals surface area (Å²) < 4.78 is 5.79. The molecule has 0 heterocycles. The van der Waals surface area contributed by atoms with Gasteiger partial charge in [-0.15, -0.1) is 0 Å². The number of carbonyl (C=O) groups is 1. The van der Waals surface area contributed by atoms with E-state index in [2.05, 4.69) is 0 Å². The maximum atomic E-state index is 12.2. The van der Waals surface area contributed by atoms with Crippen LogP contribution < -0.4 is 10.5 Å². The summed E-state index contributed by atoms with van der Waals surface area (Å²) in [6.07, 6.45) is -0.477. The first-order valence-electron chi connectivity index (χ1n) is 7.22. The van der Waals surface area contributed by atoms with Gasteiger partial charge in [0.15, 0.2) is 6.10 Å². The van der Waals surface area contributed by atoms with Crippen molar-refractivity contribution in [1.29, 1.82) is 0 Å². The van der Waals surface area contributed by atoms with Crippen molar-refractivity contribution < 1.29 is 9.53 Å². The van der Waals surface area contributed by atoms with Crippen LogP contribution in [-0.4, -0.2) is 30.0 Å². The second-order valence-electron chi connectivity index (χ2n) is 5.08. The number of hydrogen-bond donors (Lipinski definition) is 1. The van der Waals surface area contributed by atoms with Gasteiger partial charge in [-0.25, -0.2) is 0 Å². The minimum absolute atomic E-state index is 0.00233. The monoisotopic (exact) mass is 278 g/mol. The van der Waals surface area contributed by atoms with Gasteiger partial charge in [-0.05, 0) is 51.8 Å². The molecule has 1 rings (SSSR count). The molecule has 1 aromatic rings. The number of ether oxygens (including phenoxy) is 1. The molecule has 2 unspecified atom stereocenters. The number of carbonyl (C=O) groups excluding carboxylic acids is 1. The van der Waals surface area contributed by atoms with Gasteiger partial charge < -0.3 is 15.4 Å². The summed E-state index contributed by atoms with van der Waals surface area (Å²) in [6.45, 7) is 11.0. The summed E-state index contributed by atoms with van der Waals surface area (Å²) in [5, 5.41) is 0. The molecule has 4 heteroatoms. The van der Waals surface area contributed by atoms with E-state index in [1.165, 1.54) is 0 Å². The molecule has 1 aromatic carbocycles. The minimum Gasteiger partial charge on any atom is -0.481 e. The van der Waals surface area contributed by atoms with Gasteiger partial charge in [0.05, 0.1) is 0 Å². The molecule has 4 nitrogen and oxygen atoms in total. The third-order valence-electron chi connectivity index (χ3n) is 3.45. The van der Waals surface area contributed by atoms with Crippen LogP contribution in [0.25, 0.3) is 0 Å². The standard InChI is InChI=1S/C16H26N2O2/c1-6-18(7-2)16(19)13(5)20-15-9-8-14(12(4)17)10-11(15)3/h8-10,12-13H,6-7,17H2,1-5H3. The van der Waals surface area contributed by atoms with Crippen molar-refractivity contribution in [2.24, 2.45) is 5.73 Å². The number of benzene rings is 1. The van der Waals surface area contributed by atoms with Crippen LogP contribution in [0.15, 0.2) is 18.2 Å². The third-order valence-corrected chi connectivity index (χ3v) is 3.45. The van der Waals surface area contributed by atoms with E-state index in [4.69, 9.17) is 10.5 Å². The first-order valence-corrected chi connectivity index (χ1v) is 7.22.